The van der Waals surface area contributed by atoms with Gasteiger partial charge in [0.2, 0.25) is 0 Å². The normalized spacial score (nSPS) is 21.2. The molecule has 0 fully saturated rings. The summed E-state index contributed by atoms with van der Waals surface area (Å²) >= 11 is 1.69. The third-order valence-corrected chi connectivity index (χ3v) is 2.22. The Morgan fingerprint density at radius 3 is 2.55 bits per heavy atom. The van der Waals surface area contributed by atoms with Crippen LogP contribution in [0, 0.1) is 5.41 Å². The Kier molecular flexibility index (Phi) is 4.48. The maximum absolute atomic E-state index is 4.37. The van der Waals surface area contributed by atoms with Crippen LogP contribution >= 0.6 is 28.7 Å². The Hall–Kier alpha value is 0.300. The summed E-state index contributed by atoms with van der Waals surface area (Å²) in [5, 5.41) is 4.35. The van der Waals surface area contributed by atoms with Crippen LogP contribution in [-0.2, 0) is 0 Å². The van der Waals surface area contributed by atoms with Gasteiger partial charge in [-0.25, -0.2) is 0 Å². The molecule has 0 aromatic rings. The van der Waals surface area contributed by atoms with Crippen LogP contribution in [-0.4, -0.2) is 24.5 Å². The van der Waals surface area contributed by atoms with Gasteiger partial charge in [-0.05, 0) is 6.26 Å². The van der Waals surface area contributed by atoms with E-state index in [1.165, 1.54) is 0 Å². The summed E-state index contributed by atoms with van der Waals surface area (Å²) in [7, 11) is 0. The molecule has 0 atom stereocenters. The average molecular weight is 239 g/mol. The van der Waals surface area contributed by atoms with Gasteiger partial charge in [0, 0.05) is 18.5 Å². The summed E-state index contributed by atoms with van der Waals surface area (Å²) in [6, 6.07) is 0. The van der Waals surface area contributed by atoms with Crippen molar-refractivity contribution in [3.05, 3.63) is 0 Å². The first-order valence-corrected chi connectivity index (χ1v) is 4.69. The first kappa shape index (κ1) is 11.3. The fourth-order valence-electron chi connectivity index (χ4n) is 0.849. The molecule has 2 nitrogen and oxygen atoms in total. The first-order valence-electron chi connectivity index (χ1n) is 3.46. The molecular weight excluding hydrogens is 224 g/mol. The Bertz CT molecular complexity index is 157. The highest BCUT2D eigenvalue weighted by molar-refractivity contribution is 8.93. The number of thioether (sulfide) groups is 1. The van der Waals surface area contributed by atoms with E-state index in [1.54, 1.807) is 11.8 Å². The third-order valence-electron chi connectivity index (χ3n) is 1.56. The molecule has 4 heteroatoms. The molecule has 1 rings (SSSR count). The van der Waals surface area contributed by atoms with Crippen molar-refractivity contribution in [3.8, 4) is 0 Å². The van der Waals surface area contributed by atoms with Crippen LogP contribution in [0.15, 0.2) is 4.99 Å². The number of rotatable bonds is 0. The number of amidine groups is 1. The van der Waals surface area contributed by atoms with Crippen LogP contribution in [0.5, 0.6) is 0 Å². The molecule has 0 saturated heterocycles. The second-order valence-corrected chi connectivity index (χ2v) is 4.14. The van der Waals surface area contributed by atoms with Gasteiger partial charge in [0.05, 0.1) is 0 Å². The number of aliphatic imine (C=N–C) groups is 1. The maximum atomic E-state index is 4.37. The molecule has 0 spiro atoms. The molecule has 0 amide bonds. The van der Waals surface area contributed by atoms with Crippen molar-refractivity contribution in [2.45, 2.75) is 13.8 Å². The SMILES string of the molecule is Br.CSC1=NCC(C)(C)CN1. The molecule has 0 aliphatic carbocycles. The molecule has 1 N–H and O–H groups in total. The van der Waals surface area contributed by atoms with Gasteiger partial charge in [-0.15, -0.1) is 17.0 Å². The van der Waals surface area contributed by atoms with Gasteiger partial charge in [0.15, 0.2) is 5.17 Å². The van der Waals surface area contributed by atoms with Crippen LogP contribution in [0.25, 0.3) is 0 Å². The Morgan fingerprint density at radius 2 is 2.18 bits per heavy atom. The molecule has 1 heterocycles. The van der Waals surface area contributed by atoms with Crippen molar-refractivity contribution >= 4 is 33.9 Å². The Balaban J connectivity index is 0.000001000. The average Bonchev–Trinajstić information content (AvgIpc) is 1.88. The van der Waals surface area contributed by atoms with Crippen molar-refractivity contribution < 1.29 is 0 Å². The maximum Gasteiger partial charge on any atom is 0.156 e. The predicted octanol–water partition coefficient (Wildman–Crippen LogP) is 1.91. The van der Waals surface area contributed by atoms with Crippen LogP contribution < -0.4 is 5.32 Å². The second kappa shape index (κ2) is 4.36. The Labute approximate surface area is 83.0 Å². The van der Waals surface area contributed by atoms with E-state index >= 15 is 0 Å². The molecule has 0 saturated carbocycles. The number of nitrogens with zero attached hydrogens (tertiary/aromatic N) is 1. The zero-order valence-corrected chi connectivity index (χ0v) is 9.71. The number of nitrogens with one attached hydrogen (secondary N) is 1. The summed E-state index contributed by atoms with van der Waals surface area (Å²) in [6.45, 7) is 6.45. The molecular formula is C7H15BrN2S. The van der Waals surface area contributed by atoms with Crippen LogP contribution in [0.2, 0.25) is 0 Å². The minimum Gasteiger partial charge on any atom is -0.364 e. The summed E-state index contributed by atoms with van der Waals surface area (Å²) < 4.78 is 0. The van der Waals surface area contributed by atoms with E-state index in [4.69, 9.17) is 0 Å². The summed E-state index contributed by atoms with van der Waals surface area (Å²) in [5.74, 6) is 0. The van der Waals surface area contributed by atoms with Gasteiger partial charge < -0.3 is 5.32 Å². The molecule has 0 radical (unpaired) electrons. The topological polar surface area (TPSA) is 24.4 Å². The highest BCUT2D eigenvalue weighted by Gasteiger charge is 2.21. The third kappa shape index (κ3) is 3.47. The summed E-state index contributed by atoms with van der Waals surface area (Å²) in [4.78, 5) is 4.37. The van der Waals surface area contributed by atoms with Gasteiger partial charge in [0.25, 0.3) is 0 Å². The number of hydrogen-bond donors (Lipinski definition) is 1. The van der Waals surface area contributed by atoms with E-state index in [9.17, 15) is 0 Å². The minimum atomic E-state index is 0. The van der Waals surface area contributed by atoms with Gasteiger partial charge >= 0.3 is 0 Å². The van der Waals surface area contributed by atoms with Gasteiger partial charge in [-0.2, -0.15) is 0 Å². The van der Waals surface area contributed by atoms with Crippen molar-refractivity contribution in [2.24, 2.45) is 10.4 Å². The zero-order chi connectivity index (χ0) is 7.61. The van der Waals surface area contributed by atoms with Crippen LogP contribution in [0.4, 0.5) is 0 Å². The lowest BCUT2D eigenvalue weighted by molar-refractivity contribution is 0.364. The second-order valence-electron chi connectivity index (χ2n) is 3.34. The van der Waals surface area contributed by atoms with E-state index < -0.39 is 0 Å². The molecule has 0 aromatic carbocycles. The van der Waals surface area contributed by atoms with E-state index in [2.05, 4.69) is 24.2 Å². The molecule has 0 bridgehead atoms. The van der Waals surface area contributed by atoms with Gasteiger partial charge in [0.1, 0.15) is 0 Å². The fraction of sp³-hybridized carbons (Fsp3) is 0.857. The lowest BCUT2D eigenvalue weighted by atomic mass is 9.93. The number of halogens is 1. The quantitative estimate of drug-likeness (QED) is 0.698. The standard InChI is InChI=1S/C7H14N2S.BrH/c1-7(2)4-8-6(10-3)9-5-7;/h4-5H2,1-3H3,(H,8,9);1H. The lowest BCUT2D eigenvalue weighted by Crippen LogP contribution is -2.39. The van der Waals surface area contributed by atoms with Crippen LogP contribution in [0.1, 0.15) is 13.8 Å². The summed E-state index contributed by atoms with van der Waals surface area (Å²) in [6.07, 6.45) is 2.05. The Morgan fingerprint density at radius 1 is 1.55 bits per heavy atom. The van der Waals surface area contributed by atoms with Crippen molar-refractivity contribution in [2.75, 3.05) is 19.3 Å². The monoisotopic (exact) mass is 238 g/mol. The molecule has 1 aliphatic heterocycles. The van der Waals surface area contributed by atoms with E-state index in [0.29, 0.717) is 5.41 Å². The smallest absolute Gasteiger partial charge is 0.156 e. The van der Waals surface area contributed by atoms with E-state index in [1.807, 2.05) is 6.26 Å². The fourth-order valence-corrected chi connectivity index (χ4v) is 1.26. The molecule has 1 aliphatic rings. The molecule has 66 valence electrons. The highest BCUT2D eigenvalue weighted by atomic mass is 79.9. The molecule has 0 unspecified atom stereocenters. The minimum absolute atomic E-state index is 0. The number of hydrogen-bond acceptors (Lipinski definition) is 3. The zero-order valence-electron chi connectivity index (χ0n) is 7.18. The highest BCUT2D eigenvalue weighted by Crippen LogP contribution is 2.18. The van der Waals surface area contributed by atoms with Crippen molar-refractivity contribution in [3.63, 3.8) is 0 Å². The molecule has 0 aromatic heterocycles. The lowest BCUT2D eigenvalue weighted by Gasteiger charge is -2.28. The predicted molar refractivity (Wildman–Crippen MR) is 57.9 cm³/mol. The molecule has 11 heavy (non-hydrogen) atoms. The van der Waals surface area contributed by atoms with Gasteiger partial charge in [-0.1, -0.05) is 25.6 Å². The van der Waals surface area contributed by atoms with E-state index in [-0.39, 0.29) is 17.0 Å². The van der Waals surface area contributed by atoms with Crippen molar-refractivity contribution in [1.29, 1.82) is 0 Å². The first-order chi connectivity index (χ1) is 4.64. The largest absolute Gasteiger partial charge is 0.364 e. The van der Waals surface area contributed by atoms with E-state index in [0.717, 1.165) is 18.3 Å². The van der Waals surface area contributed by atoms with Crippen LogP contribution in [0.3, 0.4) is 0 Å². The van der Waals surface area contributed by atoms with Gasteiger partial charge in [-0.3, -0.25) is 4.99 Å². The summed E-state index contributed by atoms with van der Waals surface area (Å²) in [5.41, 5.74) is 0.346. The van der Waals surface area contributed by atoms with Crippen molar-refractivity contribution in [1.82, 2.24) is 5.32 Å².